The van der Waals surface area contributed by atoms with Crippen molar-refractivity contribution in [2.45, 2.75) is 25.8 Å². The summed E-state index contributed by atoms with van der Waals surface area (Å²) in [5.41, 5.74) is 2.43. The van der Waals surface area contributed by atoms with Crippen LogP contribution in [-0.4, -0.2) is 28.0 Å². The molecule has 1 aliphatic heterocycles. The van der Waals surface area contributed by atoms with Gasteiger partial charge in [0.25, 0.3) is 0 Å². The van der Waals surface area contributed by atoms with Crippen molar-refractivity contribution in [3.63, 3.8) is 0 Å². The second-order valence-electron chi connectivity index (χ2n) is 5.63. The molecule has 3 nitrogen and oxygen atoms in total. The summed E-state index contributed by atoms with van der Waals surface area (Å²) in [4.78, 5) is 9.67. The molecule has 0 atom stereocenters. The van der Waals surface area contributed by atoms with Crippen molar-refractivity contribution in [3.05, 3.63) is 53.9 Å². The van der Waals surface area contributed by atoms with Gasteiger partial charge < -0.3 is 4.98 Å². The molecule has 1 aromatic carbocycles. The maximum absolute atomic E-state index is 12.9. The van der Waals surface area contributed by atoms with Gasteiger partial charge in [-0.2, -0.15) is 0 Å². The van der Waals surface area contributed by atoms with Crippen molar-refractivity contribution < 1.29 is 4.39 Å². The van der Waals surface area contributed by atoms with E-state index in [4.69, 9.17) is 0 Å². The number of likely N-dealkylation sites (tertiary alicyclic amines) is 1. The molecule has 0 bridgehead atoms. The number of aromatic nitrogens is 2. The van der Waals surface area contributed by atoms with Gasteiger partial charge in [0.1, 0.15) is 5.82 Å². The Labute approximate surface area is 118 Å². The normalized spacial score (nSPS) is 17.4. The van der Waals surface area contributed by atoms with E-state index in [0.717, 1.165) is 32.0 Å². The van der Waals surface area contributed by atoms with Crippen molar-refractivity contribution in [2.24, 2.45) is 5.92 Å². The summed E-state index contributed by atoms with van der Waals surface area (Å²) in [5, 5.41) is 0. The van der Waals surface area contributed by atoms with Crippen molar-refractivity contribution in [1.29, 1.82) is 0 Å². The first-order valence-electron chi connectivity index (χ1n) is 7.23. The third-order valence-corrected chi connectivity index (χ3v) is 4.09. The predicted molar refractivity (Wildman–Crippen MR) is 76.7 cm³/mol. The Morgan fingerprint density at radius 3 is 2.60 bits per heavy atom. The molecular formula is C16H20FN3. The summed E-state index contributed by atoms with van der Waals surface area (Å²) in [6.07, 6.45) is 7.12. The molecule has 3 rings (SSSR count). The van der Waals surface area contributed by atoms with Gasteiger partial charge in [-0.3, -0.25) is 4.90 Å². The van der Waals surface area contributed by atoms with E-state index < -0.39 is 0 Å². The van der Waals surface area contributed by atoms with Crippen LogP contribution in [0.1, 0.15) is 24.1 Å². The van der Waals surface area contributed by atoms with Crippen molar-refractivity contribution >= 4 is 0 Å². The van der Waals surface area contributed by atoms with Crippen molar-refractivity contribution in [1.82, 2.24) is 14.9 Å². The molecule has 0 unspecified atom stereocenters. The summed E-state index contributed by atoms with van der Waals surface area (Å²) in [6, 6.07) is 6.93. The number of benzene rings is 1. The molecule has 2 heterocycles. The number of nitrogens with one attached hydrogen (secondary N) is 1. The molecule has 1 N–H and O–H groups in total. The number of piperidine rings is 1. The van der Waals surface area contributed by atoms with E-state index in [0.29, 0.717) is 0 Å². The number of aromatic amines is 1. The van der Waals surface area contributed by atoms with Crippen LogP contribution in [0.15, 0.2) is 36.8 Å². The molecule has 2 aromatic rings. The first kappa shape index (κ1) is 13.3. The molecule has 1 aromatic heterocycles. The Morgan fingerprint density at radius 1 is 1.20 bits per heavy atom. The highest BCUT2D eigenvalue weighted by Crippen LogP contribution is 2.22. The van der Waals surface area contributed by atoms with Crippen LogP contribution in [0.4, 0.5) is 4.39 Å². The zero-order chi connectivity index (χ0) is 13.8. The fraction of sp³-hybridized carbons (Fsp3) is 0.438. The number of halogens is 1. The molecular weight excluding hydrogens is 253 g/mol. The first-order chi connectivity index (χ1) is 9.79. The molecule has 0 saturated carbocycles. The molecule has 1 saturated heterocycles. The summed E-state index contributed by atoms with van der Waals surface area (Å²) in [6.45, 7) is 3.22. The molecule has 1 fully saturated rings. The fourth-order valence-electron chi connectivity index (χ4n) is 2.91. The van der Waals surface area contributed by atoms with Gasteiger partial charge in [0, 0.05) is 18.4 Å². The van der Waals surface area contributed by atoms with Gasteiger partial charge in [-0.05, 0) is 56.0 Å². The number of hydrogen-bond donors (Lipinski definition) is 1. The molecule has 1 aliphatic rings. The molecule has 0 spiro atoms. The lowest BCUT2D eigenvalue weighted by Gasteiger charge is -2.31. The van der Waals surface area contributed by atoms with Crippen LogP contribution in [0.25, 0.3) is 0 Å². The minimum Gasteiger partial charge on any atom is -0.347 e. The number of nitrogens with zero attached hydrogens (tertiary/aromatic N) is 2. The van der Waals surface area contributed by atoms with Crippen LogP contribution < -0.4 is 0 Å². The Morgan fingerprint density at radius 2 is 1.95 bits per heavy atom. The monoisotopic (exact) mass is 273 g/mol. The number of hydrogen-bond acceptors (Lipinski definition) is 2. The minimum absolute atomic E-state index is 0.150. The standard InChI is InChI=1S/C16H20FN3/c17-15-3-1-13(2-4-15)9-14-5-7-20(8-6-14)11-16-10-18-12-19-16/h1-4,10,12,14H,5-9,11H2,(H,18,19). The van der Waals surface area contributed by atoms with Gasteiger partial charge in [-0.25, -0.2) is 9.37 Å². The lowest BCUT2D eigenvalue weighted by atomic mass is 9.90. The Hall–Kier alpha value is -1.68. The van der Waals surface area contributed by atoms with Crippen LogP contribution in [0.3, 0.4) is 0 Å². The van der Waals surface area contributed by atoms with Gasteiger partial charge in [0.2, 0.25) is 0 Å². The zero-order valence-electron chi connectivity index (χ0n) is 11.6. The average molecular weight is 273 g/mol. The van der Waals surface area contributed by atoms with E-state index in [1.807, 2.05) is 18.3 Å². The van der Waals surface area contributed by atoms with Gasteiger partial charge in [0.05, 0.1) is 6.33 Å². The lowest BCUT2D eigenvalue weighted by Crippen LogP contribution is -2.33. The predicted octanol–water partition coefficient (Wildman–Crippen LogP) is 3.00. The first-order valence-corrected chi connectivity index (χ1v) is 7.23. The minimum atomic E-state index is -0.150. The van der Waals surface area contributed by atoms with Gasteiger partial charge in [-0.1, -0.05) is 12.1 Å². The highest BCUT2D eigenvalue weighted by molar-refractivity contribution is 5.16. The quantitative estimate of drug-likeness (QED) is 0.928. The maximum atomic E-state index is 12.9. The molecule has 0 amide bonds. The van der Waals surface area contributed by atoms with E-state index >= 15 is 0 Å². The molecule has 0 aliphatic carbocycles. The lowest BCUT2D eigenvalue weighted by molar-refractivity contribution is 0.175. The SMILES string of the molecule is Fc1ccc(CC2CCN(Cc3cnc[nH]3)CC2)cc1. The Bertz CT molecular complexity index is 513. The van der Waals surface area contributed by atoms with E-state index in [1.54, 1.807) is 18.5 Å². The van der Waals surface area contributed by atoms with E-state index in [1.165, 1.54) is 24.1 Å². The van der Waals surface area contributed by atoms with Crippen molar-refractivity contribution in [2.75, 3.05) is 13.1 Å². The fourth-order valence-corrected chi connectivity index (χ4v) is 2.91. The summed E-state index contributed by atoms with van der Waals surface area (Å²) < 4.78 is 12.9. The van der Waals surface area contributed by atoms with Crippen LogP contribution in [-0.2, 0) is 13.0 Å². The zero-order valence-corrected chi connectivity index (χ0v) is 11.6. The molecule has 0 radical (unpaired) electrons. The second kappa shape index (κ2) is 6.18. The smallest absolute Gasteiger partial charge is 0.123 e. The van der Waals surface area contributed by atoms with E-state index in [-0.39, 0.29) is 5.82 Å². The number of rotatable bonds is 4. The third kappa shape index (κ3) is 3.45. The summed E-state index contributed by atoms with van der Waals surface area (Å²) >= 11 is 0. The molecule has 20 heavy (non-hydrogen) atoms. The van der Waals surface area contributed by atoms with E-state index in [2.05, 4.69) is 14.9 Å². The summed E-state index contributed by atoms with van der Waals surface area (Å²) in [5.74, 6) is 0.571. The number of imidazole rings is 1. The largest absolute Gasteiger partial charge is 0.347 e. The van der Waals surface area contributed by atoms with Crippen molar-refractivity contribution in [3.8, 4) is 0 Å². The van der Waals surface area contributed by atoms with Gasteiger partial charge in [0.15, 0.2) is 0 Å². The van der Waals surface area contributed by atoms with E-state index in [9.17, 15) is 4.39 Å². The highest BCUT2D eigenvalue weighted by Gasteiger charge is 2.19. The number of H-pyrrole nitrogens is 1. The van der Waals surface area contributed by atoms with Gasteiger partial charge >= 0.3 is 0 Å². The Kier molecular flexibility index (Phi) is 4.11. The highest BCUT2D eigenvalue weighted by atomic mass is 19.1. The maximum Gasteiger partial charge on any atom is 0.123 e. The Balaban J connectivity index is 1.47. The average Bonchev–Trinajstić information content (AvgIpc) is 2.96. The van der Waals surface area contributed by atoms with Crippen LogP contribution in [0.2, 0.25) is 0 Å². The van der Waals surface area contributed by atoms with Crippen LogP contribution >= 0.6 is 0 Å². The van der Waals surface area contributed by atoms with Crippen LogP contribution in [0, 0.1) is 11.7 Å². The molecule has 4 heteroatoms. The second-order valence-corrected chi connectivity index (χ2v) is 5.63. The van der Waals surface area contributed by atoms with Crippen LogP contribution in [0.5, 0.6) is 0 Å². The molecule has 106 valence electrons. The summed E-state index contributed by atoms with van der Waals surface area (Å²) in [7, 11) is 0. The van der Waals surface area contributed by atoms with Gasteiger partial charge in [-0.15, -0.1) is 0 Å². The third-order valence-electron chi connectivity index (χ3n) is 4.09. The topological polar surface area (TPSA) is 31.9 Å².